The third-order valence-corrected chi connectivity index (χ3v) is 5.87. The zero-order chi connectivity index (χ0) is 19.1. The molecule has 1 amide bonds. The van der Waals surface area contributed by atoms with E-state index >= 15 is 0 Å². The predicted octanol–water partition coefficient (Wildman–Crippen LogP) is 4.81. The zero-order valence-corrected chi connectivity index (χ0v) is 16.9. The van der Waals surface area contributed by atoms with Crippen molar-refractivity contribution in [2.45, 2.75) is 30.6 Å². The summed E-state index contributed by atoms with van der Waals surface area (Å²) >= 11 is 2.84. The lowest BCUT2D eigenvalue weighted by atomic mass is 10.0. The first kappa shape index (κ1) is 19.4. The van der Waals surface area contributed by atoms with Crippen molar-refractivity contribution in [2.24, 2.45) is 0 Å². The van der Waals surface area contributed by atoms with Crippen molar-refractivity contribution in [3.8, 4) is 0 Å². The van der Waals surface area contributed by atoms with Crippen molar-refractivity contribution in [1.82, 2.24) is 15.5 Å². The molecule has 0 aliphatic carbocycles. The van der Waals surface area contributed by atoms with Crippen LogP contribution in [0.1, 0.15) is 30.9 Å². The maximum Gasteiger partial charge on any atom is 0.230 e. The number of benzene rings is 2. The normalized spacial score (nSPS) is 10.8. The van der Waals surface area contributed by atoms with Gasteiger partial charge >= 0.3 is 0 Å². The van der Waals surface area contributed by atoms with Crippen LogP contribution in [0.2, 0.25) is 0 Å². The second-order valence-corrected chi connectivity index (χ2v) is 8.53. The van der Waals surface area contributed by atoms with Gasteiger partial charge in [-0.1, -0.05) is 79.4 Å². The molecule has 1 aromatic heterocycles. The van der Waals surface area contributed by atoms with Crippen molar-refractivity contribution in [3.05, 3.63) is 65.7 Å². The molecule has 0 unspecified atom stereocenters. The molecule has 27 heavy (non-hydrogen) atoms. The lowest BCUT2D eigenvalue weighted by Gasteiger charge is -2.06. The fraction of sp³-hybridized carbons (Fsp3) is 0.250. The Bertz CT molecular complexity index is 863. The molecule has 7 heteroatoms. The number of hydrogen-bond acceptors (Lipinski definition) is 6. The second kappa shape index (κ2) is 9.53. The van der Waals surface area contributed by atoms with Crippen LogP contribution in [0, 0.1) is 0 Å². The third-order valence-electron chi connectivity index (χ3n) is 3.89. The Balaban J connectivity index is 1.45. The minimum Gasteiger partial charge on any atom is -0.351 e. The maximum atomic E-state index is 12.0. The van der Waals surface area contributed by atoms with Gasteiger partial charge in [0.1, 0.15) is 0 Å². The van der Waals surface area contributed by atoms with Gasteiger partial charge in [0.25, 0.3) is 0 Å². The quantitative estimate of drug-likeness (QED) is 0.533. The van der Waals surface area contributed by atoms with E-state index in [2.05, 4.69) is 46.8 Å². The van der Waals surface area contributed by atoms with E-state index in [1.54, 1.807) is 0 Å². The number of thioether (sulfide) groups is 1. The van der Waals surface area contributed by atoms with Gasteiger partial charge in [0.05, 0.1) is 5.75 Å². The molecular weight excluding hydrogens is 376 g/mol. The van der Waals surface area contributed by atoms with Gasteiger partial charge < -0.3 is 10.6 Å². The first-order chi connectivity index (χ1) is 13.1. The average Bonchev–Trinajstić information content (AvgIpc) is 3.13. The molecule has 0 saturated carbocycles. The van der Waals surface area contributed by atoms with E-state index in [-0.39, 0.29) is 5.91 Å². The first-order valence-corrected chi connectivity index (χ1v) is 10.5. The molecule has 3 aromatic rings. The van der Waals surface area contributed by atoms with Gasteiger partial charge in [-0.2, -0.15) is 0 Å². The van der Waals surface area contributed by atoms with Crippen LogP contribution in [0.25, 0.3) is 0 Å². The number of carbonyl (C=O) groups excluding carboxylic acids is 1. The molecule has 3 rings (SSSR count). The largest absolute Gasteiger partial charge is 0.351 e. The Morgan fingerprint density at radius 1 is 1.07 bits per heavy atom. The summed E-state index contributed by atoms with van der Waals surface area (Å²) in [6, 6.07) is 18.2. The Morgan fingerprint density at radius 2 is 1.81 bits per heavy atom. The number of nitrogens with zero attached hydrogens (tertiary/aromatic N) is 2. The van der Waals surface area contributed by atoms with Crippen molar-refractivity contribution in [3.63, 3.8) is 0 Å². The molecule has 140 valence electrons. The van der Waals surface area contributed by atoms with Crippen LogP contribution in [0.3, 0.4) is 0 Å². The SMILES string of the molecule is CC(C)c1ccc(Nc2nnc(SCC(=O)NCc3ccccc3)s2)cc1. The number of anilines is 2. The van der Waals surface area contributed by atoms with E-state index in [9.17, 15) is 4.79 Å². The number of hydrogen-bond donors (Lipinski definition) is 2. The van der Waals surface area contributed by atoms with E-state index in [0.29, 0.717) is 18.2 Å². The monoisotopic (exact) mass is 398 g/mol. The molecule has 2 aromatic carbocycles. The Kier molecular flexibility index (Phi) is 6.84. The lowest BCUT2D eigenvalue weighted by Crippen LogP contribution is -2.24. The van der Waals surface area contributed by atoms with E-state index in [1.165, 1.54) is 28.7 Å². The molecule has 0 saturated heterocycles. The number of rotatable bonds is 8. The summed E-state index contributed by atoms with van der Waals surface area (Å²) in [6.07, 6.45) is 0. The highest BCUT2D eigenvalue weighted by atomic mass is 32.2. The summed E-state index contributed by atoms with van der Waals surface area (Å²) in [4.78, 5) is 12.0. The molecule has 0 aliphatic heterocycles. The summed E-state index contributed by atoms with van der Waals surface area (Å²) in [5.41, 5.74) is 3.37. The first-order valence-electron chi connectivity index (χ1n) is 8.74. The van der Waals surface area contributed by atoms with Gasteiger partial charge in [-0.05, 0) is 29.2 Å². The molecule has 0 bridgehead atoms. The van der Waals surface area contributed by atoms with Crippen LogP contribution >= 0.6 is 23.1 Å². The fourth-order valence-corrected chi connectivity index (χ4v) is 3.97. The third kappa shape index (κ3) is 6.08. The molecule has 0 aliphatic rings. The molecule has 0 spiro atoms. The topological polar surface area (TPSA) is 66.9 Å². The molecule has 0 atom stereocenters. The molecular formula is C20H22N4OS2. The van der Waals surface area contributed by atoms with Crippen LogP contribution < -0.4 is 10.6 Å². The summed E-state index contributed by atoms with van der Waals surface area (Å²) in [5, 5.41) is 15.2. The van der Waals surface area contributed by atoms with Crippen molar-refractivity contribution < 1.29 is 4.79 Å². The number of aromatic nitrogens is 2. The summed E-state index contributed by atoms with van der Waals surface area (Å²) in [6.45, 7) is 4.88. The molecule has 1 heterocycles. The van der Waals surface area contributed by atoms with Crippen molar-refractivity contribution >= 4 is 39.8 Å². The molecule has 0 fully saturated rings. The minimum atomic E-state index is -0.0159. The van der Waals surface area contributed by atoms with E-state index in [0.717, 1.165) is 20.7 Å². The number of carbonyl (C=O) groups is 1. The highest BCUT2D eigenvalue weighted by Gasteiger charge is 2.09. The van der Waals surface area contributed by atoms with Gasteiger partial charge in [0.2, 0.25) is 11.0 Å². The Labute approximate surface area is 167 Å². The van der Waals surface area contributed by atoms with Crippen molar-refractivity contribution in [2.75, 3.05) is 11.1 Å². The van der Waals surface area contributed by atoms with E-state index < -0.39 is 0 Å². The lowest BCUT2D eigenvalue weighted by molar-refractivity contribution is -0.118. The second-order valence-electron chi connectivity index (χ2n) is 6.33. The minimum absolute atomic E-state index is 0.0159. The van der Waals surface area contributed by atoms with Gasteiger partial charge in [0.15, 0.2) is 4.34 Å². The average molecular weight is 399 g/mol. The number of nitrogens with one attached hydrogen (secondary N) is 2. The van der Waals surface area contributed by atoms with Gasteiger partial charge in [-0.25, -0.2) is 0 Å². The summed E-state index contributed by atoms with van der Waals surface area (Å²) in [5.74, 6) is 0.819. The van der Waals surface area contributed by atoms with Crippen LogP contribution in [0.15, 0.2) is 58.9 Å². The predicted molar refractivity (Wildman–Crippen MR) is 113 cm³/mol. The zero-order valence-electron chi connectivity index (χ0n) is 15.3. The maximum absolute atomic E-state index is 12.0. The highest BCUT2D eigenvalue weighted by molar-refractivity contribution is 8.01. The van der Waals surface area contributed by atoms with Crippen LogP contribution in [0.4, 0.5) is 10.8 Å². The number of amides is 1. The van der Waals surface area contributed by atoms with E-state index in [4.69, 9.17) is 0 Å². The van der Waals surface area contributed by atoms with Gasteiger partial charge in [-0.15, -0.1) is 10.2 Å². The van der Waals surface area contributed by atoms with Crippen molar-refractivity contribution in [1.29, 1.82) is 0 Å². The molecule has 2 N–H and O–H groups in total. The van der Waals surface area contributed by atoms with Gasteiger partial charge in [0, 0.05) is 12.2 Å². The summed E-state index contributed by atoms with van der Waals surface area (Å²) in [7, 11) is 0. The highest BCUT2D eigenvalue weighted by Crippen LogP contribution is 2.28. The fourth-order valence-electron chi connectivity index (χ4n) is 2.37. The van der Waals surface area contributed by atoms with E-state index in [1.807, 2.05) is 42.5 Å². The van der Waals surface area contributed by atoms with Gasteiger partial charge in [-0.3, -0.25) is 4.79 Å². The molecule has 5 nitrogen and oxygen atoms in total. The van der Waals surface area contributed by atoms with Crippen LogP contribution in [-0.4, -0.2) is 21.9 Å². The standard InChI is InChI=1S/C20H22N4OS2/c1-14(2)16-8-10-17(11-9-16)22-19-23-24-20(27-19)26-13-18(25)21-12-15-6-4-3-5-7-15/h3-11,14H,12-13H2,1-2H3,(H,21,25)(H,22,23). The summed E-state index contributed by atoms with van der Waals surface area (Å²) < 4.78 is 0.770. The Morgan fingerprint density at radius 3 is 2.52 bits per heavy atom. The molecule has 0 radical (unpaired) electrons. The smallest absolute Gasteiger partial charge is 0.230 e. The van der Waals surface area contributed by atoms with Crippen LogP contribution in [0.5, 0.6) is 0 Å². The van der Waals surface area contributed by atoms with Crippen LogP contribution in [-0.2, 0) is 11.3 Å². The Hall–Kier alpha value is -2.38.